The lowest BCUT2D eigenvalue weighted by Gasteiger charge is -2.22. The molecule has 0 saturated heterocycles. The van der Waals surface area contributed by atoms with Crippen molar-refractivity contribution in [1.29, 1.82) is 0 Å². The number of aryl methyl sites for hydroxylation is 2. The summed E-state index contributed by atoms with van der Waals surface area (Å²) in [7, 11) is -4.58. The fraction of sp³-hybridized carbons (Fsp3) is 0.562. The van der Waals surface area contributed by atoms with E-state index in [-0.39, 0.29) is 28.8 Å². The van der Waals surface area contributed by atoms with Crippen molar-refractivity contribution in [2.75, 3.05) is 31.4 Å². The molecule has 156 valence electrons. The van der Waals surface area contributed by atoms with E-state index in [1.165, 1.54) is 13.2 Å². The van der Waals surface area contributed by atoms with Crippen molar-refractivity contribution in [1.82, 2.24) is 5.16 Å². The van der Waals surface area contributed by atoms with Gasteiger partial charge in [0, 0.05) is 23.0 Å². The van der Waals surface area contributed by atoms with Gasteiger partial charge in [0.05, 0.1) is 13.2 Å². The predicted molar refractivity (Wildman–Crippen MR) is 106 cm³/mol. The summed E-state index contributed by atoms with van der Waals surface area (Å²) < 4.78 is 43.1. The van der Waals surface area contributed by atoms with Crippen LogP contribution >= 0.6 is 11.3 Å². The van der Waals surface area contributed by atoms with E-state index < -0.39 is 17.1 Å². The molecule has 2 heterocycles. The van der Waals surface area contributed by atoms with E-state index in [1.807, 2.05) is 6.92 Å². The van der Waals surface area contributed by atoms with Crippen LogP contribution in [0.15, 0.2) is 14.8 Å². The van der Waals surface area contributed by atoms with Crippen molar-refractivity contribution in [2.24, 2.45) is 0 Å². The number of aromatic nitrogens is 1. The summed E-state index contributed by atoms with van der Waals surface area (Å²) in [6.07, 6.45) is 1.43. The maximum Gasteiger partial charge on any atom is 0.490 e. The number of thiophene rings is 1. The van der Waals surface area contributed by atoms with Gasteiger partial charge in [0.2, 0.25) is 0 Å². The Morgan fingerprint density at radius 3 is 2.57 bits per heavy atom. The van der Waals surface area contributed by atoms with Crippen molar-refractivity contribution >= 4 is 39.8 Å². The first-order valence-electron chi connectivity index (χ1n) is 8.75. The lowest BCUT2D eigenvalue weighted by molar-refractivity contribution is 0.0753. The molecule has 9 nitrogen and oxygen atoms in total. The molecule has 2 N–H and O–H groups in total. The molecule has 28 heavy (non-hydrogen) atoms. The molecule has 0 aromatic carbocycles. The van der Waals surface area contributed by atoms with Crippen LogP contribution in [0.2, 0.25) is 0 Å². The van der Waals surface area contributed by atoms with Gasteiger partial charge in [-0.25, -0.2) is 12.7 Å². The molecule has 2 aromatic rings. The summed E-state index contributed by atoms with van der Waals surface area (Å²) in [5.74, 6) is 0.575. The van der Waals surface area contributed by atoms with Crippen LogP contribution in [0.3, 0.4) is 0 Å². The van der Waals surface area contributed by atoms with Gasteiger partial charge in [0.25, 0.3) is 10.0 Å². The monoisotopic (exact) mass is 432 g/mol. The summed E-state index contributed by atoms with van der Waals surface area (Å²) >= 11 is 1.01. The molecule has 0 amide bonds. The Labute approximate surface area is 169 Å². The molecule has 0 bridgehead atoms. The first-order chi connectivity index (χ1) is 13.2. The molecular weight excluding hydrogens is 407 g/mol. The highest BCUT2D eigenvalue weighted by Gasteiger charge is 2.35. The van der Waals surface area contributed by atoms with E-state index >= 15 is 0 Å². The van der Waals surface area contributed by atoms with Crippen LogP contribution in [0.25, 0.3) is 0 Å². The number of ether oxygens (including phenoxy) is 2. The van der Waals surface area contributed by atoms with Gasteiger partial charge in [-0.2, -0.15) is 0 Å². The van der Waals surface area contributed by atoms with Gasteiger partial charge < -0.3 is 24.0 Å². The van der Waals surface area contributed by atoms with Crippen LogP contribution in [0.1, 0.15) is 29.5 Å². The van der Waals surface area contributed by atoms with Crippen LogP contribution in [-0.2, 0) is 25.9 Å². The number of hydrogen-bond donors (Lipinski definition) is 2. The minimum atomic E-state index is -4.18. The molecule has 12 heteroatoms. The molecule has 0 aliphatic rings. The molecule has 2 aromatic heterocycles. The largest absolute Gasteiger partial charge is 0.490 e. The maximum absolute atomic E-state index is 13.4. The Balaban J connectivity index is 2.50. The topological polar surface area (TPSA) is 122 Å². The SMILES string of the molecule is CCCc1cc(B(O)O)c(S(=O)(=O)N(COCCOC)c2noc(C)c2C)s1. The van der Waals surface area contributed by atoms with Gasteiger partial charge in [-0.3, -0.25) is 0 Å². The summed E-state index contributed by atoms with van der Waals surface area (Å²) in [6.45, 7) is 5.48. The molecular formula is C16H25BN2O7S2. The van der Waals surface area contributed by atoms with Crippen molar-refractivity contribution < 1.29 is 32.5 Å². The second-order valence-electron chi connectivity index (χ2n) is 6.15. The van der Waals surface area contributed by atoms with Gasteiger partial charge in [0.1, 0.15) is 16.7 Å². The average molecular weight is 432 g/mol. The standard InChI is InChI=1S/C16H25BN2O7S2/c1-5-6-13-9-14(17(20)21)16(27-13)28(22,23)19(10-25-8-7-24-4)15-11(2)12(3)26-18-15/h9,20-21H,5-8,10H2,1-4H3. The molecule has 0 atom stereocenters. The molecule has 0 fully saturated rings. The van der Waals surface area contributed by atoms with Gasteiger partial charge in [-0.15, -0.1) is 11.3 Å². The lowest BCUT2D eigenvalue weighted by Crippen LogP contribution is -2.39. The fourth-order valence-corrected chi connectivity index (χ4v) is 5.76. The van der Waals surface area contributed by atoms with E-state index in [0.717, 1.165) is 26.9 Å². The zero-order valence-corrected chi connectivity index (χ0v) is 18.0. The number of methoxy groups -OCH3 is 1. The summed E-state index contributed by atoms with van der Waals surface area (Å²) in [4.78, 5) is 0.748. The molecule has 2 rings (SSSR count). The van der Waals surface area contributed by atoms with Crippen molar-refractivity contribution in [3.8, 4) is 0 Å². The Morgan fingerprint density at radius 2 is 2.04 bits per heavy atom. The number of rotatable bonds is 11. The van der Waals surface area contributed by atoms with Gasteiger partial charge in [-0.1, -0.05) is 18.5 Å². The summed E-state index contributed by atoms with van der Waals surface area (Å²) in [6, 6.07) is 1.51. The minimum Gasteiger partial charge on any atom is -0.423 e. The third-order valence-corrected chi connectivity index (χ3v) is 7.53. The number of sulfonamides is 1. The van der Waals surface area contributed by atoms with Crippen molar-refractivity contribution in [3.05, 3.63) is 22.3 Å². The zero-order valence-electron chi connectivity index (χ0n) is 16.3. The first kappa shape index (κ1) is 22.8. The molecule has 0 unspecified atom stereocenters. The van der Waals surface area contributed by atoms with Crippen molar-refractivity contribution in [3.63, 3.8) is 0 Å². The van der Waals surface area contributed by atoms with E-state index in [2.05, 4.69) is 5.16 Å². The number of nitrogens with zero attached hydrogens (tertiary/aromatic N) is 2. The van der Waals surface area contributed by atoms with Gasteiger partial charge in [0.15, 0.2) is 5.82 Å². The van der Waals surface area contributed by atoms with Crippen LogP contribution < -0.4 is 9.77 Å². The summed E-state index contributed by atoms with van der Waals surface area (Å²) in [5.41, 5.74) is 0.489. The Morgan fingerprint density at radius 1 is 1.32 bits per heavy atom. The molecule has 0 radical (unpaired) electrons. The predicted octanol–water partition coefficient (Wildman–Crippen LogP) is 0.801. The van der Waals surface area contributed by atoms with E-state index in [0.29, 0.717) is 24.4 Å². The first-order valence-corrected chi connectivity index (χ1v) is 11.0. The normalized spacial score (nSPS) is 11.8. The highest BCUT2D eigenvalue weighted by atomic mass is 32.2. The third kappa shape index (κ3) is 4.94. The molecule has 0 saturated carbocycles. The number of hydrogen-bond acceptors (Lipinski definition) is 9. The van der Waals surface area contributed by atoms with Crippen LogP contribution in [-0.4, -0.2) is 57.8 Å². The number of anilines is 1. The summed E-state index contributed by atoms with van der Waals surface area (Å²) in [5, 5.41) is 23.3. The highest BCUT2D eigenvalue weighted by molar-refractivity contribution is 7.95. The van der Waals surface area contributed by atoms with Gasteiger partial charge in [-0.05, 0) is 26.3 Å². The smallest absolute Gasteiger partial charge is 0.423 e. The van der Waals surface area contributed by atoms with Crippen LogP contribution in [0, 0.1) is 13.8 Å². The van der Waals surface area contributed by atoms with Crippen LogP contribution in [0.5, 0.6) is 0 Å². The minimum absolute atomic E-state index is 0.0618. The average Bonchev–Trinajstić information content (AvgIpc) is 3.21. The van der Waals surface area contributed by atoms with Crippen molar-refractivity contribution in [2.45, 2.75) is 37.8 Å². The second kappa shape index (κ2) is 9.85. The lowest BCUT2D eigenvalue weighted by atomic mass is 9.82. The Hall–Kier alpha value is -1.44. The Kier molecular flexibility index (Phi) is 8.04. The molecule has 0 spiro atoms. The molecule has 0 aliphatic carbocycles. The van der Waals surface area contributed by atoms with Gasteiger partial charge >= 0.3 is 7.12 Å². The second-order valence-corrected chi connectivity index (χ2v) is 9.34. The zero-order chi connectivity index (χ0) is 20.9. The quantitative estimate of drug-likeness (QED) is 0.304. The molecule has 0 aliphatic heterocycles. The van der Waals surface area contributed by atoms with Crippen LogP contribution in [0.4, 0.5) is 5.82 Å². The van der Waals surface area contributed by atoms with E-state index in [9.17, 15) is 18.5 Å². The highest BCUT2D eigenvalue weighted by Crippen LogP contribution is 2.30. The third-order valence-electron chi connectivity index (χ3n) is 4.08. The van der Waals surface area contributed by atoms with E-state index in [1.54, 1.807) is 13.8 Å². The maximum atomic E-state index is 13.4. The Bertz CT molecular complexity index is 880. The van der Waals surface area contributed by atoms with E-state index in [4.69, 9.17) is 14.0 Å². The fourth-order valence-electron chi connectivity index (χ4n) is 2.46.